The van der Waals surface area contributed by atoms with E-state index in [-0.39, 0.29) is 5.91 Å². The summed E-state index contributed by atoms with van der Waals surface area (Å²) in [5.41, 5.74) is 4.27. The molecule has 1 aromatic heterocycles. The number of nitrogens with zero attached hydrogens (tertiary/aromatic N) is 3. The maximum Gasteiger partial charge on any atom is 0.410 e. The van der Waals surface area contributed by atoms with Crippen molar-refractivity contribution in [3.05, 3.63) is 35.7 Å². The van der Waals surface area contributed by atoms with E-state index in [0.717, 1.165) is 40.9 Å². The highest BCUT2D eigenvalue weighted by atomic mass is 16.6. The summed E-state index contributed by atoms with van der Waals surface area (Å²) in [6, 6.07) is 5.48. The third-order valence-corrected chi connectivity index (χ3v) is 5.50. The molecule has 2 aliphatic rings. The summed E-state index contributed by atoms with van der Waals surface area (Å²) in [6.45, 7) is 8.57. The molecule has 1 saturated heterocycles. The second-order valence-electron chi connectivity index (χ2n) is 8.69. The van der Waals surface area contributed by atoms with Crippen LogP contribution in [0.5, 0.6) is 0 Å². The highest BCUT2D eigenvalue weighted by molar-refractivity contribution is 6.01. The summed E-state index contributed by atoms with van der Waals surface area (Å²) in [6.07, 6.45) is 3.46. The van der Waals surface area contributed by atoms with E-state index in [1.54, 1.807) is 11.2 Å². The molecule has 7 heteroatoms. The molecule has 4 rings (SSSR count). The lowest BCUT2D eigenvalue weighted by Crippen LogP contribution is -2.48. The van der Waals surface area contributed by atoms with E-state index in [1.807, 2.05) is 50.8 Å². The van der Waals surface area contributed by atoms with Gasteiger partial charge in [-0.1, -0.05) is 17.3 Å². The predicted octanol–water partition coefficient (Wildman–Crippen LogP) is 3.94. The van der Waals surface area contributed by atoms with Gasteiger partial charge in [-0.2, -0.15) is 0 Å². The number of hydrogen-bond donors (Lipinski definition) is 0. The molecule has 0 N–H and O–H groups in total. The molecule has 1 fully saturated rings. The molecule has 2 aliphatic heterocycles. The fourth-order valence-electron chi connectivity index (χ4n) is 4.21. The normalized spacial score (nSPS) is 18.8. The summed E-state index contributed by atoms with van der Waals surface area (Å²) < 4.78 is 10.6. The number of amides is 2. The Hall–Kier alpha value is -2.83. The average Bonchev–Trinajstić information content (AvgIpc) is 3.38. The maximum absolute atomic E-state index is 13.4. The number of hydrogen-bond acceptors (Lipinski definition) is 5. The molecule has 1 atom stereocenters. The number of aromatic nitrogens is 1. The van der Waals surface area contributed by atoms with Crippen LogP contribution >= 0.6 is 0 Å². The third-order valence-electron chi connectivity index (χ3n) is 5.50. The summed E-state index contributed by atoms with van der Waals surface area (Å²) >= 11 is 0. The monoisotopic (exact) mass is 397 g/mol. The molecule has 7 nitrogen and oxygen atoms in total. The van der Waals surface area contributed by atoms with Crippen molar-refractivity contribution in [1.82, 2.24) is 10.1 Å². The number of benzene rings is 1. The predicted molar refractivity (Wildman–Crippen MR) is 109 cm³/mol. The Kier molecular flexibility index (Phi) is 4.84. The molecule has 2 aromatic rings. The molecule has 0 unspecified atom stereocenters. The molecule has 3 heterocycles. The Labute approximate surface area is 170 Å². The lowest BCUT2D eigenvalue weighted by atomic mass is 9.98. The van der Waals surface area contributed by atoms with Gasteiger partial charge in [-0.3, -0.25) is 9.69 Å². The molecule has 2 amide bonds. The smallest absolute Gasteiger partial charge is 0.410 e. The molecular weight excluding hydrogens is 370 g/mol. The van der Waals surface area contributed by atoms with Crippen molar-refractivity contribution in [3.8, 4) is 11.1 Å². The number of anilines is 1. The van der Waals surface area contributed by atoms with Gasteiger partial charge < -0.3 is 14.2 Å². The second kappa shape index (κ2) is 7.21. The van der Waals surface area contributed by atoms with Crippen LogP contribution in [0.15, 0.2) is 29.0 Å². The molecule has 29 heavy (non-hydrogen) atoms. The van der Waals surface area contributed by atoms with Gasteiger partial charge in [0.15, 0.2) is 0 Å². The lowest BCUT2D eigenvalue weighted by Gasteiger charge is -2.30. The van der Waals surface area contributed by atoms with E-state index in [2.05, 4.69) is 5.16 Å². The minimum absolute atomic E-state index is 0.0358. The van der Waals surface area contributed by atoms with Gasteiger partial charge in [0, 0.05) is 24.3 Å². The molecule has 0 radical (unpaired) electrons. The van der Waals surface area contributed by atoms with Crippen molar-refractivity contribution < 1.29 is 18.8 Å². The van der Waals surface area contributed by atoms with Crippen molar-refractivity contribution in [2.75, 3.05) is 18.0 Å². The average molecular weight is 397 g/mol. The van der Waals surface area contributed by atoms with Crippen molar-refractivity contribution in [1.29, 1.82) is 0 Å². The highest BCUT2D eigenvalue weighted by Gasteiger charge is 2.40. The van der Waals surface area contributed by atoms with Crippen LogP contribution in [0.3, 0.4) is 0 Å². The number of likely N-dealkylation sites (tertiary alicyclic amines) is 1. The third kappa shape index (κ3) is 3.61. The highest BCUT2D eigenvalue weighted by Crippen LogP contribution is 2.38. The number of aryl methyl sites for hydroxylation is 1. The van der Waals surface area contributed by atoms with Crippen molar-refractivity contribution in [2.24, 2.45) is 0 Å². The van der Waals surface area contributed by atoms with Crippen molar-refractivity contribution >= 4 is 17.7 Å². The van der Waals surface area contributed by atoms with Crippen molar-refractivity contribution in [2.45, 2.75) is 58.6 Å². The SMILES string of the molecule is Cc1nocc1-c1cccc2c1CCN2C(=O)[C@@H]1CCCN1C(=O)OC(C)(C)C. The van der Waals surface area contributed by atoms with Gasteiger partial charge in [0.25, 0.3) is 0 Å². The Bertz CT molecular complexity index is 944. The first-order chi connectivity index (χ1) is 13.8. The van der Waals surface area contributed by atoms with Crippen LogP contribution in [0, 0.1) is 6.92 Å². The van der Waals surface area contributed by atoms with Gasteiger partial charge in [0.2, 0.25) is 5.91 Å². The summed E-state index contributed by atoms with van der Waals surface area (Å²) in [5, 5.41) is 3.98. The number of fused-ring (bicyclic) bond motifs is 1. The van der Waals surface area contributed by atoms with E-state index in [9.17, 15) is 9.59 Å². The van der Waals surface area contributed by atoms with Crippen molar-refractivity contribution in [3.63, 3.8) is 0 Å². The topological polar surface area (TPSA) is 75.9 Å². The quantitative estimate of drug-likeness (QED) is 0.767. The molecule has 0 saturated carbocycles. The minimum Gasteiger partial charge on any atom is -0.444 e. The lowest BCUT2D eigenvalue weighted by molar-refractivity contribution is -0.122. The van der Waals surface area contributed by atoms with E-state index in [1.165, 1.54) is 0 Å². The Morgan fingerprint density at radius 2 is 2.00 bits per heavy atom. The number of ether oxygens (including phenoxy) is 1. The fraction of sp³-hybridized carbons (Fsp3) is 0.500. The van der Waals surface area contributed by atoms with E-state index >= 15 is 0 Å². The van der Waals surface area contributed by atoms with Crippen LogP contribution in [0.25, 0.3) is 11.1 Å². The van der Waals surface area contributed by atoms with Gasteiger partial charge in [-0.15, -0.1) is 0 Å². The van der Waals surface area contributed by atoms with E-state index < -0.39 is 17.7 Å². The first-order valence-electron chi connectivity index (χ1n) is 10.1. The van der Waals surface area contributed by atoms with E-state index in [0.29, 0.717) is 19.5 Å². The summed E-state index contributed by atoms with van der Waals surface area (Å²) in [4.78, 5) is 29.4. The van der Waals surface area contributed by atoms with Gasteiger partial charge >= 0.3 is 6.09 Å². The van der Waals surface area contributed by atoms with Gasteiger partial charge in [0.1, 0.15) is 17.9 Å². The number of carbonyl (C=O) groups is 2. The Morgan fingerprint density at radius 3 is 2.69 bits per heavy atom. The zero-order chi connectivity index (χ0) is 20.8. The summed E-state index contributed by atoms with van der Waals surface area (Å²) in [5.74, 6) is -0.0358. The zero-order valence-corrected chi connectivity index (χ0v) is 17.4. The fourth-order valence-corrected chi connectivity index (χ4v) is 4.21. The minimum atomic E-state index is -0.584. The molecule has 0 bridgehead atoms. The summed E-state index contributed by atoms with van der Waals surface area (Å²) in [7, 11) is 0. The van der Waals surface area contributed by atoms with Crippen LogP contribution < -0.4 is 4.90 Å². The Balaban J connectivity index is 1.59. The second-order valence-corrected chi connectivity index (χ2v) is 8.69. The first-order valence-corrected chi connectivity index (χ1v) is 10.1. The van der Waals surface area contributed by atoms with Gasteiger partial charge in [-0.05, 0) is 64.2 Å². The maximum atomic E-state index is 13.4. The standard InChI is InChI=1S/C22H27N3O4/c1-14-17(13-28-23-14)15-7-5-8-18-16(15)10-12-24(18)20(26)19-9-6-11-25(19)21(27)29-22(2,3)4/h5,7-8,13,19H,6,9-12H2,1-4H3/t19-/m0/s1. The molecule has 0 aliphatic carbocycles. The van der Waals surface area contributed by atoms with Crippen LogP contribution in [-0.2, 0) is 16.0 Å². The van der Waals surface area contributed by atoms with Gasteiger partial charge in [-0.25, -0.2) is 4.79 Å². The van der Waals surface area contributed by atoms with E-state index in [4.69, 9.17) is 9.26 Å². The number of carbonyl (C=O) groups excluding carboxylic acids is 2. The van der Waals surface area contributed by atoms with Gasteiger partial charge in [0.05, 0.1) is 5.69 Å². The Morgan fingerprint density at radius 1 is 1.21 bits per heavy atom. The van der Waals surface area contributed by atoms with Crippen LogP contribution in [0.2, 0.25) is 0 Å². The molecular formula is C22H27N3O4. The first kappa shape index (κ1) is 19.5. The zero-order valence-electron chi connectivity index (χ0n) is 17.4. The van der Waals surface area contributed by atoms with Crippen LogP contribution in [0.1, 0.15) is 44.9 Å². The molecule has 154 valence electrons. The van der Waals surface area contributed by atoms with Crippen LogP contribution in [-0.4, -0.2) is 46.8 Å². The molecule has 0 spiro atoms. The molecule has 1 aromatic carbocycles. The van der Waals surface area contributed by atoms with Crippen LogP contribution in [0.4, 0.5) is 10.5 Å². The largest absolute Gasteiger partial charge is 0.444 e. The number of rotatable bonds is 2.